The maximum absolute atomic E-state index is 5.03. The summed E-state index contributed by atoms with van der Waals surface area (Å²) in [6.45, 7) is 4.20. The molecule has 152 valence electrons. The summed E-state index contributed by atoms with van der Waals surface area (Å²) in [7, 11) is 2.08. The third kappa shape index (κ3) is 5.86. The number of hydrogen-bond acceptors (Lipinski definition) is 4. The molecule has 0 bridgehead atoms. The van der Waals surface area contributed by atoms with E-state index >= 15 is 0 Å². The van der Waals surface area contributed by atoms with Gasteiger partial charge in [-0.2, -0.15) is 0 Å². The SMILES string of the molecule is CC/C=C\C=C/CCC1N=C(C2=CCCC=CC2)N=C(c2ccc(C)cn2)N1C. The van der Waals surface area contributed by atoms with Crippen molar-refractivity contribution in [1.82, 2.24) is 9.88 Å². The largest absolute Gasteiger partial charge is 0.336 e. The lowest BCUT2D eigenvalue weighted by atomic mass is 10.1. The quantitative estimate of drug-likeness (QED) is 0.439. The second-order valence-electron chi connectivity index (χ2n) is 7.52. The summed E-state index contributed by atoms with van der Waals surface area (Å²) in [5.41, 5.74) is 3.28. The predicted molar refractivity (Wildman–Crippen MR) is 123 cm³/mol. The lowest BCUT2D eigenvalue weighted by molar-refractivity contribution is 0.353. The summed E-state index contributed by atoms with van der Waals surface area (Å²) in [6.07, 6.45) is 23.4. The van der Waals surface area contributed by atoms with Gasteiger partial charge in [-0.05, 0) is 62.7 Å². The van der Waals surface area contributed by atoms with Crippen molar-refractivity contribution in [1.29, 1.82) is 0 Å². The molecule has 4 nitrogen and oxygen atoms in total. The fourth-order valence-corrected chi connectivity index (χ4v) is 3.41. The molecule has 1 aromatic rings. The van der Waals surface area contributed by atoms with Crippen LogP contribution in [0.1, 0.15) is 56.7 Å². The Morgan fingerprint density at radius 3 is 2.79 bits per heavy atom. The van der Waals surface area contributed by atoms with Gasteiger partial charge in [-0.1, -0.05) is 55.5 Å². The number of pyridine rings is 1. The molecule has 1 aliphatic carbocycles. The van der Waals surface area contributed by atoms with E-state index in [4.69, 9.17) is 9.98 Å². The highest BCUT2D eigenvalue weighted by molar-refractivity contribution is 6.12. The van der Waals surface area contributed by atoms with Crippen LogP contribution < -0.4 is 0 Å². The molecule has 2 heterocycles. The first-order chi connectivity index (χ1) is 14.2. The lowest BCUT2D eigenvalue weighted by Crippen LogP contribution is -2.41. The van der Waals surface area contributed by atoms with Crippen molar-refractivity contribution < 1.29 is 0 Å². The number of aliphatic imine (C=N–C) groups is 2. The van der Waals surface area contributed by atoms with Crippen molar-refractivity contribution >= 4 is 11.7 Å². The molecule has 0 aromatic carbocycles. The van der Waals surface area contributed by atoms with Crippen LogP contribution in [-0.4, -0.2) is 34.8 Å². The fraction of sp³-hybridized carbons (Fsp3) is 0.400. The van der Waals surface area contributed by atoms with Gasteiger partial charge in [0.25, 0.3) is 0 Å². The van der Waals surface area contributed by atoms with Gasteiger partial charge in [0.15, 0.2) is 11.7 Å². The van der Waals surface area contributed by atoms with Crippen molar-refractivity contribution in [2.75, 3.05) is 7.05 Å². The normalized spacial score (nSPS) is 20.0. The number of hydrogen-bond donors (Lipinski definition) is 0. The van der Waals surface area contributed by atoms with Crippen LogP contribution in [0.4, 0.5) is 0 Å². The van der Waals surface area contributed by atoms with Gasteiger partial charge in [0.2, 0.25) is 0 Å². The molecule has 0 saturated carbocycles. The van der Waals surface area contributed by atoms with Gasteiger partial charge in [-0.15, -0.1) is 0 Å². The molecule has 1 atom stereocenters. The van der Waals surface area contributed by atoms with Crippen LogP contribution in [0.15, 0.2) is 76.4 Å². The van der Waals surface area contributed by atoms with Crippen molar-refractivity contribution in [3.8, 4) is 0 Å². The van der Waals surface area contributed by atoms with Crippen LogP contribution in [-0.2, 0) is 0 Å². The Labute approximate surface area is 175 Å². The second-order valence-corrected chi connectivity index (χ2v) is 7.52. The predicted octanol–water partition coefficient (Wildman–Crippen LogP) is 5.78. The van der Waals surface area contributed by atoms with E-state index in [9.17, 15) is 0 Å². The monoisotopic (exact) mass is 388 g/mol. The van der Waals surface area contributed by atoms with Crippen LogP contribution in [0.3, 0.4) is 0 Å². The molecule has 3 rings (SSSR count). The Bertz CT molecular complexity index is 853. The molecule has 0 spiro atoms. The van der Waals surface area contributed by atoms with Gasteiger partial charge in [0, 0.05) is 13.2 Å². The molecule has 0 N–H and O–H groups in total. The standard InChI is InChI=1S/C25H32N4/c1-4-5-6-7-8-13-16-23-27-24(21-14-11-9-10-12-15-21)28-25(29(23)3)22-18-17-20(2)19-26-22/h5-9,11,15,17-19,23H,4,10,12-14,16H2,1-3H3/b6-5-,8-7-. The van der Waals surface area contributed by atoms with Gasteiger partial charge in [-0.25, -0.2) is 9.98 Å². The molecule has 1 aliphatic heterocycles. The average molecular weight is 389 g/mol. The maximum atomic E-state index is 5.03. The molecule has 4 heteroatoms. The van der Waals surface area contributed by atoms with Gasteiger partial charge in [-0.3, -0.25) is 4.98 Å². The Hall–Kier alpha value is -2.75. The Morgan fingerprint density at radius 1 is 1.14 bits per heavy atom. The third-order valence-electron chi connectivity index (χ3n) is 5.13. The summed E-state index contributed by atoms with van der Waals surface area (Å²) in [5, 5.41) is 0. The van der Waals surface area contributed by atoms with Crippen molar-refractivity contribution in [2.24, 2.45) is 9.98 Å². The van der Waals surface area contributed by atoms with Crippen molar-refractivity contribution in [3.63, 3.8) is 0 Å². The van der Waals surface area contributed by atoms with Gasteiger partial charge in [0.1, 0.15) is 11.9 Å². The zero-order valence-corrected chi connectivity index (χ0v) is 17.9. The second kappa shape index (κ2) is 10.7. The number of aryl methyl sites for hydroxylation is 1. The maximum Gasteiger partial charge on any atom is 0.158 e. The van der Waals surface area contributed by atoms with Crippen LogP contribution in [0.5, 0.6) is 0 Å². The van der Waals surface area contributed by atoms with E-state index in [0.717, 1.165) is 61.5 Å². The van der Waals surface area contributed by atoms with E-state index in [1.165, 1.54) is 5.57 Å². The van der Waals surface area contributed by atoms with Crippen LogP contribution in [0.2, 0.25) is 0 Å². The van der Waals surface area contributed by atoms with E-state index < -0.39 is 0 Å². The molecule has 1 aromatic heterocycles. The third-order valence-corrected chi connectivity index (χ3v) is 5.13. The van der Waals surface area contributed by atoms with Crippen LogP contribution >= 0.6 is 0 Å². The average Bonchev–Trinajstić information content (AvgIpc) is 3.02. The zero-order valence-electron chi connectivity index (χ0n) is 17.9. The van der Waals surface area contributed by atoms with Crippen molar-refractivity contribution in [3.05, 3.63) is 77.7 Å². The highest BCUT2D eigenvalue weighted by Gasteiger charge is 2.26. The Balaban J connectivity index is 1.85. The Morgan fingerprint density at radius 2 is 2.00 bits per heavy atom. The molecule has 0 saturated heterocycles. The first-order valence-electron chi connectivity index (χ1n) is 10.7. The van der Waals surface area contributed by atoms with Gasteiger partial charge < -0.3 is 4.90 Å². The van der Waals surface area contributed by atoms with E-state index in [1.807, 2.05) is 6.20 Å². The number of aromatic nitrogens is 1. The molecule has 1 unspecified atom stereocenters. The highest BCUT2D eigenvalue weighted by Crippen LogP contribution is 2.22. The summed E-state index contributed by atoms with van der Waals surface area (Å²) in [5.74, 6) is 1.77. The first kappa shape index (κ1) is 21.0. The van der Waals surface area contributed by atoms with Crippen molar-refractivity contribution in [2.45, 2.75) is 58.5 Å². The van der Waals surface area contributed by atoms with Gasteiger partial charge >= 0.3 is 0 Å². The van der Waals surface area contributed by atoms with E-state index in [1.54, 1.807) is 0 Å². The minimum absolute atomic E-state index is 0.0635. The molecule has 2 aliphatic rings. The minimum Gasteiger partial charge on any atom is -0.336 e. The summed E-state index contributed by atoms with van der Waals surface area (Å²) in [4.78, 5) is 16.8. The molecule has 0 radical (unpaired) electrons. The zero-order chi connectivity index (χ0) is 20.5. The molecule has 29 heavy (non-hydrogen) atoms. The number of nitrogens with zero attached hydrogens (tertiary/aromatic N) is 4. The minimum atomic E-state index is 0.0635. The number of allylic oxidation sites excluding steroid dienone is 7. The smallest absolute Gasteiger partial charge is 0.158 e. The van der Waals surface area contributed by atoms with Crippen LogP contribution in [0.25, 0.3) is 0 Å². The molecule has 0 amide bonds. The number of rotatable bonds is 7. The summed E-state index contributed by atoms with van der Waals surface area (Å²) < 4.78 is 0. The van der Waals surface area contributed by atoms with E-state index in [-0.39, 0.29) is 6.17 Å². The Kier molecular flexibility index (Phi) is 7.74. The lowest BCUT2D eigenvalue weighted by Gasteiger charge is -2.32. The topological polar surface area (TPSA) is 40.9 Å². The summed E-state index contributed by atoms with van der Waals surface area (Å²) >= 11 is 0. The fourth-order valence-electron chi connectivity index (χ4n) is 3.41. The first-order valence-corrected chi connectivity index (χ1v) is 10.7. The van der Waals surface area contributed by atoms with Crippen LogP contribution in [0, 0.1) is 6.92 Å². The number of amidine groups is 2. The van der Waals surface area contributed by atoms with E-state index in [2.05, 4.69) is 85.4 Å². The molecular weight excluding hydrogens is 356 g/mol. The molecular formula is C25H32N4. The van der Waals surface area contributed by atoms with E-state index in [0.29, 0.717) is 0 Å². The van der Waals surface area contributed by atoms with Gasteiger partial charge in [0.05, 0.1) is 0 Å². The summed E-state index contributed by atoms with van der Waals surface area (Å²) in [6, 6.07) is 4.15. The highest BCUT2D eigenvalue weighted by atomic mass is 15.3. The molecule has 0 fully saturated rings.